The lowest BCUT2D eigenvalue weighted by molar-refractivity contribution is -0.134. The fourth-order valence-electron chi connectivity index (χ4n) is 2.77. The minimum absolute atomic E-state index is 0.0713. The molecule has 0 saturated carbocycles. The summed E-state index contributed by atoms with van der Waals surface area (Å²) in [6, 6.07) is 7.32. The van der Waals surface area contributed by atoms with Gasteiger partial charge in [-0.1, -0.05) is 17.8 Å². The van der Waals surface area contributed by atoms with E-state index in [1.165, 1.54) is 17.8 Å². The van der Waals surface area contributed by atoms with Crippen molar-refractivity contribution in [3.63, 3.8) is 0 Å². The van der Waals surface area contributed by atoms with Gasteiger partial charge in [0.15, 0.2) is 5.16 Å². The lowest BCUT2D eigenvalue weighted by Gasteiger charge is -2.32. The number of thioether (sulfide) groups is 1. The molecule has 2 aromatic heterocycles. The quantitative estimate of drug-likeness (QED) is 0.367. The molecule has 0 spiro atoms. The Bertz CT molecular complexity index is 834. The summed E-state index contributed by atoms with van der Waals surface area (Å²) in [6.45, 7) is 2.15. The molecule has 2 aromatic rings. The van der Waals surface area contributed by atoms with E-state index in [1.54, 1.807) is 30.3 Å². The van der Waals surface area contributed by atoms with Gasteiger partial charge in [0.2, 0.25) is 11.8 Å². The summed E-state index contributed by atoms with van der Waals surface area (Å²) in [6.07, 6.45) is 6.62. The number of methoxy groups -OCH3 is 1. The first-order chi connectivity index (χ1) is 14.2. The number of nitrogens with zero attached hydrogens (tertiary/aromatic N) is 4. The lowest BCUT2D eigenvalue weighted by Crippen LogP contribution is -2.47. The van der Waals surface area contributed by atoms with Crippen LogP contribution in [0.15, 0.2) is 41.7 Å². The molecule has 9 heteroatoms. The number of aromatic nitrogens is 3. The first-order valence-corrected chi connectivity index (χ1v) is 10.4. The zero-order valence-corrected chi connectivity index (χ0v) is 17.3. The van der Waals surface area contributed by atoms with Gasteiger partial charge >= 0.3 is 0 Å². The molecule has 154 valence electrons. The van der Waals surface area contributed by atoms with Crippen molar-refractivity contribution in [3.05, 3.63) is 47.9 Å². The Hall–Kier alpha value is -2.49. The van der Waals surface area contributed by atoms with Crippen LogP contribution in [-0.4, -0.2) is 71.5 Å². The minimum Gasteiger partial charge on any atom is -0.475 e. The fourth-order valence-corrected chi connectivity index (χ4v) is 3.16. The van der Waals surface area contributed by atoms with Gasteiger partial charge < -0.3 is 19.1 Å². The number of hydrogen-bond donors (Lipinski definition) is 0. The summed E-state index contributed by atoms with van der Waals surface area (Å²) in [5, 5.41) is 0.621. The summed E-state index contributed by atoms with van der Waals surface area (Å²) in [5.74, 6) is 0.400. The van der Waals surface area contributed by atoms with Crippen molar-refractivity contribution in [2.75, 3.05) is 39.7 Å². The molecule has 8 nitrogen and oxygen atoms in total. The number of amides is 1. The Morgan fingerprint density at radius 2 is 2.31 bits per heavy atom. The van der Waals surface area contributed by atoms with Crippen LogP contribution >= 0.6 is 11.8 Å². The SMILES string of the molecule is COCc1cc(OCC2CN(C(=O)/C=C/c3ccccn3)CCO2)nc(SC)n1. The maximum atomic E-state index is 12.5. The fraction of sp³-hybridized carbons (Fsp3) is 0.400. The van der Waals surface area contributed by atoms with Crippen molar-refractivity contribution in [2.45, 2.75) is 17.9 Å². The van der Waals surface area contributed by atoms with Gasteiger partial charge in [0, 0.05) is 32.0 Å². The van der Waals surface area contributed by atoms with Crippen molar-refractivity contribution in [3.8, 4) is 5.88 Å². The summed E-state index contributed by atoms with van der Waals surface area (Å²) in [7, 11) is 1.62. The Kier molecular flexibility index (Phi) is 7.97. The highest BCUT2D eigenvalue weighted by Gasteiger charge is 2.24. The minimum atomic E-state index is -0.227. The van der Waals surface area contributed by atoms with Crippen LogP contribution in [0.25, 0.3) is 6.08 Å². The second kappa shape index (κ2) is 10.9. The van der Waals surface area contributed by atoms with Crippen molar-refractivity contribution in [2.24, 2.45) is 0 Å². The van der Waals surface area contributed by atoms with Crippen LogP contribution in [0.2, 0.25) is 0 Å². The molecule has 1 fully saturated rings. The number of rotatable bonds is 8. The molecule has 0 aromatic carbocycles. The van der Waals surface area contributed by atoms with E-state index in [1.807, 2.05) is 24.5 Å². The van der Waals surface area contributed by atoms with E-state index in [4.69, 9.17) is 14.2 Å². The summed E-state index contributed by atoms with van der Waals surface area (Å²) in [4.78, 5) is 27.1. The van der Waals surface area contributed by atoms with Crippen molar-refractivity contribution < 1.29 is 19.0 Å². The van der Waals surface area contributed by atoms with Gasteiger partial charge in [-0.2, -0.15) is 4.98 Å². The second-order valence-electron chi connectivity index (χ2n) is 6.29. The van der Waals surface area contributed by atoms with E-state index in [2.05, 4.69) is 15.0 Å². The first-order valence-electron chi connectivity index (χ1n) is 9.21. The van der Waals surface area contributed by atoms with Crippen molar-refractivity contribution in [1.29, 1.82) is 0 Å². The maximum Gasteiger partial charge on any atom is 0.246 e. The van der Waals surface area contributed by atoms with Gasteiger partial charge in [0.25, 0.3) is 0 Å². The summed E-state index contributed by atoms with van der Waals surface area (Å²) in [5.41, 5.74) is 1.50. The third-order valence-electron chi connectivity index (χ3n) is 4.16. The molecule has 1 aliphatic rings. The Labute approximate surface area is 174 Å². The predicted octanol–water partition coefficient (Wildman–Crippen LogP) is 2.06. The van der Waals surface area contributed by atoms with E-state index >= 15 is 0 Å². The van der Waals surface area contributed by atoms with Gasteiger partial charge in [-0.3, -0.25) is 9.78 Å². The second-order valence-corrected chi connectivity index (χ2v) is 7.07. The monoisotopic (exact) mass is 416 g/mol. The van der Waals surface area contributed by atoms with Gasteiger partial charge in [-0.25, -0.2) is 4.98 Å². The van der Waals surface area contributed by atoms with Crippen LogP contribution in [0.5, 0.6) is 5.88 Å². The number of ether oxygens (including phenoxy) is 3. The highest BCUT2D eigenvalue weighted by Crippen LogP contribution is 2.17. The molecular weight excluding hydrogens is 392 g/mol. The topological polar surface area (TPSA) is 86.7 Å². The van der Waals surface area contributed by atoms with Crippen molar-refractivity contribution >= 4 is 23.7 Å². The van der Waals surface area contributed by atoms with Gasteiger partial charge in [0.1, 0.15) is 12.7 Å². The summed E-state index contributed by atoms with van der Waals surface area (Å²) < 4.78 is 16.7. The van der Waals surface area contributed by atoms with E-state index in [0.717, 1.165) is 11.4 Å². The Morgan fingerprint density at radius 1 is 1.41 bits per heavy atom. The standard InChI is InChI=1S/C20H24N4O4S/c1-26-13-16-11-18(23-20(22-16)29-2)28-14-17-12-24(9-10-27-17)19(25)7-6-15-5-3-4-8-21-15/h3-8,11,17H,9-10,12-14H2,1-2H3/b7-6+. The molecule has 3 rings (SSSR count). The zero-order chi connectivity index (χ0) is 20.5. The molecule has 1 atom stereocenters. The molecule has 0 radical (unpaired) electrons. The van der Waals surface area contributed by atoms with Crippen LogP contribution in [0.3, 0.4) is 0 Å². The third-order valence-corrected chi connectivity index (χ3v) is 4.71. The van der Waals surface area contributed by atoms with Crippen LogP contribution in [0, 0.1) is 0 Å². The number of morpholine rings is 1. The number of carbonyl (C=O) groups is 1. The predicted molar refractivity (Wildman–Crippen MR) is 110 cm³/mol. The van der Waals surface area contributed by atoms with Crippen LogP contribution in [-0.2, 0) is 20.9 Å². The average Bonchev–Trinajstić information content (AvgIpc) is 2.77. The smallest absolute Gasteiger partial charge is 0.246 e. The Balaban J connectivity index is 1.55. The normalized spacial score (nSPS) is 16.9. The summed E-state index contributed by atoms with van der Waals surface area (Å²) >= 11 is 1.44. The first kappa shape index (κ1) is 21.2. The molecule has 1 saturated heterocycles. The van der Waals surface area contributed by atoms with E-state index in [0.29, 0.717) is 43.9 Å². The molecule has 0 bridgehead atoms. The molecule has 1 amide bonds. The number of hydrogen-bond acceptors (Lipinski definition) is 8. The maximum absolute atomic E-state index is 12.5. The highest BCUT2D eigenvalue weighted by molar-refractivity contribution is 7.98. The lowest BCUT2D eigenvalue weighted by atomic mass is 10.2. The highest BCUT2D eigenvalue weighted by atomic mass is 32.2. The average molecular weight is 417 g/mol. The molecule has 1 unspecified atom stereocenters. The Morgan fingerprint density at radius 3 is 3.07 bits per heavy atom. The van der Waals surface area contributed by atoms with E-state index in [-0.39, 0.29) is 12.0 Å². The van der Waals surface area contributed by atoms with Gasteiger partial charge in [0.05, 0.1) is 31.1 Å². The largest absolute Gasteiger partial charge is 0.475 e. The van der Waals surface area contributed by atoms with E-state index < -0.39 is 0 Å². The van der Waals surface area contributed by atoms with Gasteiger partial charge in [-0.05, 0) is 24.5 Å². The van der Waals surface area contributed by atoms with Crippen LogP contribution in [0.4, 0.5) is 0 Å². The molecule has 29 heavy (non-hydrogen) atoms. The molecule has 0 aliphatic carbocycles. The molecule has 1 aliphatic heterocycles. The number of carbonyl (C=O) groups excluding carboxylic acids is 1. The number of pyridine rings is 1. The van der Waals surface area contributed by atoms with Crippen molar-refractivity contribution in [1.82, 2.24) is 19.9 Å². The van der Waals surface area contributed by atoms with Crippen LogP contribution < -0.4 is 4.74 Å². The molecule has 0 N–H and O–H groups in total. The molecular formula is C20H24N4O4S. The van der Waals surface area contributed by atoms with Gasteiger partial charge in [-0.15, -0.1) is 0 Å². The van der Waals surface area contributed by atoms with Crippen LogP contribution in [0.1, 0.15) is 11.4 Å². The molecule has 3 heterocycles. The van der Waals surface area contributed by atoms with E-state index in [9.17, 15) is 4.79 Å². The zero-order valence-electron chi connectivity index (χ0n) is 16.5. The third kappa shape index (κ3) is 6.52.